The van der Waals surface area contributed by atoms with Crippen molar-refractivity contribution in [3.63, 3.8) is 0 Å². The van der Waals surface area contributed by atoms with Crippen LogP contribution < -0.4 is 10.2 Å². The number of piperidine rings is 1. The van der Waals surface area contributed by atoms with Gasteiger partial charge in [-0.15, -0.1) is 0 Å². The van der Waals surface area contributed by atoms with Crippen molar-refractivity contribution in [3.8, 4) is 16.9 Å². The highest BCUT2D eigenvalue weighted by molar-refractivity contribution is 5.88. The SMILES string of the molecule is Cc1c(-c2ccc(OC3CCN(C(=O)NOCC(C)C)CC3)cc2)ccc2cccnc12. The second-order valence-corrected chi connectivity index (χ2v) is 8.75. The minimum Gasteiger partial charge on any atom is -0.490 e. The molecule has 0 saturated carbocycles. The van der Waals surface area contributed by atoms with E-state index in [1.807, 2.05) is 38.2 Å². The topological polar surface area (TPSA) is 63.7 Å². The van der Waals surface area contributed by atoms with Gasteiger partial charge in [-0.1, -0.05) is 44.2 Å². The average Bonchev–Trinajstić information content (AvgIpc) is 2.80. The van der Waals surface area contributed by atoms with Crippen molar-refractivity contribution < 1.29 is 14.4 Å². The van der Waals surface area contributed by atoms with Crippen LogP contribution in [0.1, 0.15) is 32.3 Å². The van der Waals surface area contributed by atoms with Crippen LogP contribution >= 0.6 is 0 Å². The summed E-state index contributed by atoms with van der Waals surface area (Å²) in [4.78, 5) is 23.7. The minimum absolute atomic E-state index is 0.105. The van der Waals surface area contributed by atoms with E-state index in [9.17, 15) is 4.79 Å². The van der Waals surface area contributed by atoms with E-state index in [2.05, 4.69) is 47.7 Å². The second-order valence-electron chi connectivity index (χ2n) is 8.75. The molecular weight excluding hydrogens is 402 g/mol. The zero-order valence-corrected chi connectivity index (χ0v) is 19.0. The van der Waals surface area contributed by atoms with E-state index in [-0.39, 0.29) is 12.1 Å². The molecule has 0 unspecified atom stereocenters. The van der Waals surface area contributed by atoms with Gasteiger partial charge in [-0.05, 0) is 47.7 Å². The Morgan fingerprint density at radius 1 is 1.12 bits per heavy atom. The molecule has 1 N–H and O–H groups in total. The molecule has 3 aromatic rings. The molecule has 0 spiro atoms. The molecule has 6 heteroatoms. The molecule has 6 nitrogen and oxygen atoms in total. The van der Waals surface area contributed by atoms with Gasteiger partial charge in [0.25, 0.3) is 0 Å². The molecule has 4 rings (SSSR count). The number of aryl methyl sites for hydroxylation is 1. The molecule has 1 saturated heterocycles. The molecule has 0 aliphatic carbocycles. The monoisotopic (exact) mass is 433 g/mol. The molecule has 2 heterocycles. The lowest BCUT2D eigenvalue weighted by Gasteiger charge is -2.32. The third-order valence-corrected chi connectivity index (χ3v) is 5.80. The molecule has 0 bridgehead atoms. The third-order valence-electron chi connectivity index (χ3n) is 5.80. The lowest BCUT2D eigenvalue weighted by molar-refractivity contribution is 0.0256. The number of pyridine rings is 1. The Kier molecular flexibility index (Phi) is 6.90. The van der Waals surface area contributed by atoms with E-state index in [0.29, 0.717) is 25.6 Å². The third kappa shape index (κ3) is 5.19. The zero-order valence-electron chi connectivity index (χ0n) is 19.0. The molecule has 2 amide bonds. The van der Waals surface area contributed by atoms with Crippen LogP contribution in [0.3, 0.4) is 0 Å². The summed E-state index contributed by atoms with van der Waals surface area (Å²) in [6.07, 6.45) is 3.54. The molecule has 168 valence electrons. The molecule has 32 heavy (non-hydrogen) atoms. The quantitative estimate of drug-likeness (QED) is 0.532. The highest BCUT2D eigenvalue weighted by atomic mass is 16.7. The normalized spacial score (nSPS) is 14.7. The summed E-state index contributed by atoms with van der Waals surface area (Å²) in [5.41, 5.74) is 7.08. The molecule has 1 fully saturated rings. The smallest absolute Gasteiger partial charge is 0.341 e. The number of hydrogen-bond acceptors (Lipinski definition) is 4. The zero-order chi connectivity index (χ0) is 22.5. The van der Waals surface area contributed by atoms with Gasteiger partial charge < -0.3 is 9.64 Å². The number of hydrogen-bond donors (Lipinski definition) is 1. The largest absolute Gasteiger partial charge is 0.490 e. The predicted molar refractivity (Wildman–Crippen MR) is 126 cm³/mol. The summed E-state index contributed by atoms with van der Waals surface area (Å²) in [7, 11) is 0. The van der Waals surface area contributed by atoms with Crippen LogP contribution in [0, 0.1) is 12.8 Å². The Morgan fingerprint density at radius 3 is 2.59 bits per heavy atom. The molecule has 1 aliphatic heterocycles. The number of rotatable bonds is 6. The summed E-state index contributed by atoms with van der Waals surface area (Å²) in [6.45, 7) is 8.03. The highest BCUT2D eigenvalue weighted by Gasteiger charge is 2.24. The molecule has 0 radical (unpaired) electrons. The number of fused-ring (bicyclic) bond motifs is 1. The number of urea groups is 1. The Balaban J connectivity index is 1.32. The van der Waals surface area contributed by atoms with Crippen LogP contribution in [0.4, 0.5) is 4.79 Å². The molecular formula is C26H31N3O3. The number of hydroxylamine groups is 1. The average molecular weight is 434 g/mol. The summed E-state index contributed by atoms with van der Waals surface area (Å²) in [5, 5.41) is 1.15. The molecule has 1 aromatic heterocycles. The number of amides is 2. The van der Waals surface area contributed by atoms with Gasteiger partial charge in [-0.3, -0.25) is 9.82 Å². The van der Waals surface area contributed by atoms with Crippen LogP contribution in [-0.4, -0.2) is 41.7 Å². The maximum absolute atomic E-state index is 12.2. The molecule has 0 atom stereocenters. The van der Waals surface area contributed by atoms with E-state index in [0.717, 1.165) is 35.1 Å². The van der Waals surface area contributed by atoms with Crippen molar-refractivity contribution in [1.29, 1.82) is 0 Å². The van der Waals surface area contributed by atoms with E-state index in [1.165, 1.54) is 11.1 Å². The molecule has 1 aliphatic rings. The van der Waals surface area contributed by atoms with Crippen molar-refractivity contribution in [3.05, 3.63) is 60.3 Å². The maximum Gasteiger partial charge on any atom is 0.341 e. The highest BCUT2D eigenvalue weighted by Crippen LogP contribution is 2.30. The van der Waals surface area contributed by atoms with Crippen molar-refractivity contribution in [2.75, 3.05) is 19.7 Å². The van der Waals surface area contributed by atoms with Gasteiger partial charge in [0.15, 0.2) is 0 Å². The van der Waals surface area contributed by atoms with Gasteiger partial charge in [0.2, 0.25) is 0 Å². The van der Waals surface area contributed by atoms with Crippen LogP contribution in [0.15, 0.2) is 54.7 Å². The number of benzene rings is 2. The number of likely N-dealkylation sites (tertiary alicyclic amines) is 1. The van der Waals surface area contributed by atoms with Crippen molar-refractivity contribution in [2.24, 2.45) is 5.92 Å². The summed E-state index contributed by atoms with van der Waals surface area (Å²) >= 11 is 0. The van der Waals surface area contributed by atoms with Gasteiger partial charge in [0, 0.05) is 37.5 Å². The van der Waals surface area contributed by atoms with Gasteiger partial charge >= 0.3 is 6.03 Å². The number of carbonyl (C=O) groups excluding carboxylic acids is 1. The maximum atomic E-state index is 12.2. The first kappa shape index (κ1) is 22.1. The minimum atomic E-state index is -0.173. The van der Waals surface area contributed by atoms with Crippen molar-refractivity contribution in [1.82, 2.24) is 15.4 Å². The van der Waals surface area contributed by atoms with E-state index >= 15 is 0 Å². The lowest BCUT2D eigenvalue weighted by Crippen LogP contribution is -2.46. The number of carbonyl (C=O) groups is 1. The van der Waals surface area contributed by atoms with Crippen molar-refractivity contribution >= 4 is 16.9 Å². The first-order chi connectivity index (χ1) is 15.5. The summed E-state index contributed by atoms with van der Waals surface area (Å²) in [6, 6.07) is 16.4. The van der Waals surface area contributed by atoms with Crippen molar-refractivity contribution in [2.45, 2.75) is 39.7 Å². The first-order valence-corrected chi connectivity index (χ1v) is 11.3. The van der Waals surface area contributed by atoms with Crippen LogP contribution in [0.5, 0.6) is 5.75 Å². The Hall–Kier alpha value is -3.12. The second kappa shape index (κ2) is 10.0. The fourth-order valence-corrected chi connectivity index (χ4v) is 4.02. The fourth-order valence-electron chi connectivity index (χ4n) is 4.02. The van der Waals surface area contributed by atoms with Crippen LogP contribution in [-0.2, 0) is 4.84 Å². The summed E-state index contributed by atoms with van der Waals surface area (Å²) in [5.74, 6) is 1.23. The Morgan fingerprint density at radius 2 is 1.88 bits per heavy atom. The lowest BCUT2D eigenvalue weighted by atomic mass is 9.98. The Bertz CT molecular complexity index is 1060. The Labute approximate surface area is 189 Å². The number of nitrogens with one attached hydrogen (secondary N) is 1. The fraction of sp³-hybridized carbons (Fsp3) is 0.385. The van der Waals surface area contributed by atoms with Gasteiger partial charge in [0.1, 0.15) is 11.9 Å². The predicted octanol–water partition coefficient (Wildman–Crippen LogP) is 5.35. The van der Waals surface area contributed by atoms with Gasteiger partial charge in [0.05, 0.1) is 12.1 Å². The number of aromatic nitrogens is 1. The van der Waals surface area contributed by atoms with Crippen LogP contribution in [0.2, 0.25) is 0 Å². The molecule has 2 aromatic carbocycles. The van der Waals surface area contributed by atoms with E-state index < -0.39 is 0 Å². The summed E-state index contributed by atoms with van der Waals surface area (Å²) < 4.78 is 6.19. The standard InChI is InChI=1S/C26H31N3O3/c1-18(2)17-31-28-26(30)29-15-12-23(13-16-29)32-22-9-6-20(7-10-22)24-11-8-21-5-4-14-27-25(21)19(24)3/h4-11,14,18,23H,12-13,15-17H2,1-3H3,(H,28,30). The van der Waals surface area contributed by atoms with Gasteiger partial charge in [-0.25, -0.2) is 10.3 Å². The van der Waals surface area contributed by atoms with E-state index in [1.54, 1.807) is 4.90 Å². The number of ether oxygens (including phenoxy) is 1. The van der Waals surface area contributed by atoms with Gasteiger partial charge in [-0.2, -0.15) is 0 Å². The van der Waals surface area contributed by atoms with Crippen LogP contribution in [0.25, 0.3) is 22.0 Å². The first-order valence-electron chi connectivity index (χ1n) is 11.3. The van der Waals surface area contributed by atoms with E-state index in [4.69, 9.17) is 9.57 Å². The number of nitrogens with zero attached hydrogens (tertiary/aromatic N) is 2.